The Balaban J connectivity index is 1.15. The Morgan fingerprint density at radius 1 is 1.09 bits per heavy atom. The summed E-state index contributed by atoms with van der Waals surface area (Å²) in [5.74, 6) is 0.830. The summed E-state index contributed by atoms with van der Waals surface area (Å²) >= 11 is 0. The molecule has 0 bridgehead atoms. The minimum Gasteiger partial charge on any atom is -0.393 e. The van der Waals surface area contributed by atoms with Gasteiger partial charge in [-0.15, -0.1) is 0 Å². The number of fused-ring (bicyclic) bond motifs is 1. The fourth-order valence-corrected chi connectivity index (χ4v) is 6.59. The quantitative estimate of drug-likeness (QED) is 0.613. The third-order valence-corrected chi connectivity index (χ3v) is 8.87. The minimum absolute atomic E-state index is 0.0751. The molecular weight excluding hydrogens is 440 g/mol. The van der Waals surface area contributed by atoms with Gasteiger partial charge in [-0.25, -0.2) is 4.98 Å². The number of benzene rings is 1. The third-order valence-electron chi connectivity index (χ3n) is 8.87. The van der Waals surface area contributed by atoms with E-state index in [-0.39, 0.29) is 23.9 Å². The summed E-state index contributed by atoms with van der Waals surface area (Å²) in [5, 5.41) is 12.8. The van der Waals surface area contributed by atoms with E-state index in [2.05, 4.69) is 39.5 Å². The number of ether oxygens (including phenoxy) is 1. The summed E-state index contributed by atoms with van der Waals surface area (Å²) in [4.78, 5) is 20.0. The maximum Gasteiger partial charge on any atom is 0.255 e. The van der Waals surface area contributed by atoms with E-state index in [0.29, 0.717) is 17.0 Å². The molecule has 0 unspecified atom stereocenters. The van der Waals surface area contributed by atoms with Gasteiger partial charge in [-0.2, -0.15) is 0 Å². The fourth-order valence-electron chi connectivity index (χ4n) is 6.59. The van der Waals surface area contributed by atoms with Crippen molar-refractivity contribution < 1.29 is 14.6 Å². The van der Waals surface area contributed by atoms with Crippen LogP contribution in [0.1, 0.15) is 60.9 Å². The largest absolute Gasteiger partial charge is 0.393 e. The average molecular weight is 477 g/mol. The highest BCUT2D eigenvalue weighted by Crippen LogP contribution is 2.59. The molecule has 0 radical (unpaired) electrons. The van der Waals surface area contributed by atoms with Crippen molar-refractivity contribution in [1.82, 2.24) is 15.2 Å². The molecule has 6 rings (SSSR count). The normalized spacial score (nSPS) is 31.2. The van der Waals surface area contributed by atoms with E-state index in [1.807, 2.05) is 6.07 Å². The number of rotatable bonds is 5. The van der Waals surface area contributed by atoms with Crippen molar-refractivity contribution in [1.29, 1.82) is 0 Å². The van der Waals surface area contributed by atoms with Crippen molar-refractivity contribution >= 4 is 11.7 Å². The van der Waals surface area contributed by atoms with Crippen LogP contribution < -0.4 is 11.1 Å². The number of nitrogens with two attached hydrogens (primary N) is 1. The lowest BCUT2D eigenvalue weighted by atomic mass is 9.92. The van der Waals surface area contributed by atoms with Gasteiger partial charge in [-0.05, 0) is 68.1 Å². The average Bonchev–Trinajstić information content (AvgIpc) is 3.46. The molecule has 2 atom stereocenters. The van der Waals surface area contributed by atoms with Crippen LogP contribution in [0, 0.1) is 5.92 Å². The van der Waals surface area contributed by atoms with Crippen LogP contribution in [0.2, 0.25) is 0 Å². The number of aliphatic hydroxyl groups excluding tert-OH is 1. The second-order valence-corrected chi connectivity index (χ2v) is 11.0. The van der Waals surface area contributed by atoms with E-state index in [1.165, 1.54) is 18.5 Å². The van der Waals surface area contributed by atoms with E-state index in [1.54, 1.807) is 6.20 Å². The van der Waals surface area contributed by atoms with Gasteiger partial charge in [0.05, 0.1) is 11.7 Å². The number of carbonyl (C=O) groups excluding carboxylic acids is 1. The Labute approximate surface area is 207 Å². The number of pyridine rings is 1. The zero-order valence-electron chi connectivity index (χ0n) is 20.3. The summed E-state index contributed by atoms with van der Waals surface area (Å²) in [7, 11) is 0. The minimum atomic E-state index is -0.249. The summed E-state index contributed by atoms with van der Waals surface area (Å²) < 4.78 is 5.56. The smallest absolute Gasteiger partial charge is 0.255 e. The highest BCUT2D eigenvalue weighted by Gasteiger charge is 2.61. The Morgan fingerprint density at radius 3 is 2.57 bits per heavy atom. The van der Waals surface area contributed by atoms with Gasteiger partial charge in [0.15, 0.2) is 0 Å². The van der Waals surface area contributed by atoms with Gasteiger partial charge in [-0.3, -0.25) is 9.69 Å². The first-order chi connectivity index (χ1) is 17.0. The molecule has 2 aliphatic heterocycles. The van der Waals surface area contributed by atoms with E-state index in [4.69, 9.17) is 10.5 Å². The predicted molar refractivity (Wildman–Crippen MR) is 135 cm³/mol. The third kappa shape index (κ3) is 4.46. The number of nitrogens with one attached hydrogen (secondary N) is 1. The number of amides is 1. The highest BCUT2D eigenvalue weighted by atomic mass is 16.5. The Bertz CT molecular complexity index is 1080. The Morgan fingerprint density at radius 2 is 1.83 bits per heavy atom. The van der Waals surface area contributed by atoms with Crippen molar-refractivity contribution in [3.8, 4) is 11.1 Å². The number of nitrogens with zero attached hydrogens (tertiary/aromatic N) is 2. The predicted octanol–water partition coefficient (Wildman–Crippen LogP) is 3.12. The molecule has 7 heteroatoms. The van der Waals surface area contributed by atoms with Crippen LogP contribution in [-0.4, -0.2) is 65.4 Å². The molecule has 3 heterocycles. The number of carbonyl (C=O) groups is 1. The second kappa shape index (κ2) is 9.19. The van der Waals surface area contributed by atoms with E-state index in [9.17, 15) is 9.90 Å². The van der Waals surface area contributed by atoms with Gasteiger partial charge in [0, 0.05) is 55.6 Å². The standard InChI is InChI=1S/C28H36N4O3/c29-26-25(27(34)31-22-5-7-24(33)8-6-22)13-19(15-30-26)18-1-3-20(4-2-18)28-14-21(28)16-32(17-28)23-9-11-35-12-10-23/h1-4,13,15,21-24,33H,5-12,14,16-17H2,(H2,29,30)(H,31,34)/t21-,22?,24?,28+/m0/s1. The van der Waals surface area contributed by atoms with Gasteiger partial charge in [0.2, 0.25) is 0 Å². The van der Waals surface area contributed by atoms with Gasteiger partial charge in [-0.1, -0.05) is 24.3 Å². The van der Waals surface area contributed by atoms with Crippen molar-refractivity contribution in [2.24, 2.45) is 5.92 Å². The molecule has 4 fully saturated rings. The van der Waals surface area contributed by atoms with Crippen LogP contribution in [0.4, 0.5) is 5.82 Å². The van der Waals surface area contributed by atoms with Crippen LogP contribution in [0.3, 0.4) is 0 Å². The van der Waals surface area contributed by atoms with Crippen molar-refractivity contribution in [2.45, 2.75) is 68.5 Å². The summed E-state index contributed by atoms with van der Waals surface area (Å²) in [6, 6.07) is 11.5. The van der Waals surface area contributed by atoms with Crippen molar-refractivity contribution in [3.63, 3.8) is 0 Å². The van der Waals surface area contributed by atoms with Gasteiger partial charge >= 0.3 is 0 Å². The first kappa shape index (κ1) is 23.0. The van der Waals surface area contributed by atoms with Crippen LogP contribution in [0.5, 0.6) is 0 Å². The zero-order chi connectivity index (χ0) is 24.0. The van der Waals surface area contributed by atoms with Gasteiger partial charge in [0.1, 0.15) is 5.82 Å². The first-order valence-corrected chi connectivity index (χ1v) is 13.2. The SMILES string of the molecule is Nc1ncc(-c2ccc([C@]34C[C@H]3CN(C3CCOCC3)C4)cc2)cc1C(=O)NC1CCC(O)CC1. The summed E-state index contributed by atoms with van der Waals surface area (Å²) in [6.07, 6.45) is 8.12. The molecule has 0 spiro atoms. The molecule has 1 amide bonds. The van der Waals surface area contributed by atoms with Crippen LogP contribution in [0.25, 0.3) is 11.1 Å². The molecule has 4 N–H and O–H groups in total. The lowest BCUT2D eigenvalue weighted by Gasteiger charge is -2.33. The number of aliphatic hydroxyl groups is 1. The van der Waals surface area contributed by atoms with Crippen molar-refractivity contribution in [3.05, 3.63) is 47.7 Å². The monoisotopic (exact) mass is 476 g/mol. The molecule has 2 aliphatic carbocycles. The fraction of sp³-hybridized carbons (Fsp3) is 0.571. The van der Waals surface area contributed by atoms with Crippen molar-refractivity contribution in [2.75, 3.05) is 32.0 Å². The number of hydrogen-bond acceptors (Lipinski definition) is 6. The molecule has 2 saturated carbocycles. The molecule has 2 aromatic rings. The molecule has 4 aliphatic rings. The van der Waals surface area contributed by atoms with Gasteiger partial charge in [0.25, 0.3) is 5.91 Å². The second-order valence-electron chi connectivity index (χ2n) is 11.0. The number of piperidine rings is 1. The lowest BCUT2D eigenvalue weighted by Crippen LogP contribution is -2.40. The number of likely N-dealkylation sites (tertiary alicyclic amines) is 1. The summed E-state index contributed by atoms with van der Waals surface area (Å²) in [5.41, 5.74) is 10.2. The van der Waals surface area contributed by atoms with Crippen LogP contribution in [-0.2, 0) is 10.2 Å². The van der Waals surface area contributed by atoms with Crippen LogP contribution >= 0.6 is 0 Å². The van der Waals surface area contributed by atoms with E-state index >= 15 is 0 Å². The van der Waals surface area contributed by atoms with E-state index in [0.717, 1.165) is 75.3 Å². The molecule has 7 nitrogen and oxygen atoms in total. The number of nitrogen functional groups attached to an aromatic ring is 1. The lowest BCUT2D eigenvalue weighted by molar-refractivity contribution is 0.0378. The first-order valence-electron chi connectivity index (χ1n) is 13.2. The van der Waals surface area contributed by atoms with Gasteiger partial charge < -0.3 is 20.9 Å². The highest BCUT2D eigenvalue weighted by molar-refractivity contribution is 5.99. The Kier molecular flexibility index (Phi) is 6.03. The maximum atomic E-state index is 12.9. The zero-order valence-corrected chi connectivity index (χ0v) is 20.3. The number of anilines is 1. The summed E-state index contributed by atoms with van der Waals surface area (Å²) in [6.45, 7) is 4.17. The van der Waals surface area contributed by atoms with Crippen LogP contribution in [0.15, 0.2) is 36.5 Å². The maximum absolute atomic E-state index is 12.9. The molecule has 35 heavy (non-hydrogen) atoms. The Hall–Kier alpha value is -2.48. The topological polar surface area (TPSA) is 101 Å². The number of aromatic nitrogens is 1. The number of hydrogen-bond donors (Lipinski definition) is 3. The molecule has 2 saturated heterocycles. The molecule has 1 aromatic carbocycles. The van der Waals surface area contributed by atoms with E-state index < -0.39 is 0 Å². The molecule has 1 aromatic heterocycles. The molecular formula is C28H36N4O3. The molecule has 186 valence electrons.